The van der Waals surface area contributed by atoms with Gasteiger partial charge in [0.05, 0.1) is 13.0 Å². The molecule has 2 amide bonds. The molecule has 2 rings (SSSR count). The number of benzene rings is 1. The minimum Gasteiger partial charge on any atom is -0.496 e. The fourth-order valence-corrected chi connectivity index (χ4v) is 3.22. The monoisotopic (exact) mass is 358 g/mol. The first-order valence-electron chi connectivity index (χ1n) is 9.46. The van der Waals surface area contributed by atoms with Crippen LogP contribution in [-0.4, -0.2) is 43.0 Å². The number of carbonyl (C=O) groups is 2. The maximum Gasteiger partial charge on any atom is 0.246 e. The summed E-state index contributed by atoms with van der Waals surface area (Å²) < 4.78 is 5.31. The molecule has 0 saturated carbocycles. The Balaban J connectivity index is 2.00. The van der Waals surface area contributed by atoms with E-state index in [1.165, 1.54) is 0 Å². The van der Waals surface area contributed by atoms with E-state index in [4.69, 9.17) is 4.74 Å². The van der Waals surface area contributed by atoms with Gasteiger partial charge in [0.1, 0.15) is 5.75 Å². The quantitative estimate of drug-likeness (QED) is 0.601. The van der Waals surface area contributed by atoms with Gasteiger partial charge < -0.3 is 15.0 Å². The molecule has 26 heavy (non-hydrogen) atoms. The summed E-state index contributed by atoms with van der Waals surface area (Å²) in [5.41, 5.74) is 0.863. The average Bonchev–Trinajstić information content (AvgIpc) is 2.66. The number of likely N-dealkylation sites (tertiary alicyclic amines) is 1. The van der Waals surface area contributed by atoms with Crippen LogP contribution in [0.4, 0.5) is 0 Å². The first-order valence-corrected chi connectivity index (χ1v) is 9.46. The van der Waals surface area contributed by atoms with Crippen LogP contribution in [0.2, 0.25) is 0 Å². The zero-order valence-electron chi connectivity index (χ0n) is 16.0. The molecule has 0 spiro atoms. The van der Waals surface area contributed by atoms with E-state index in [9.17, 15) is 9.59 Å². The summed E-state index contributed by atoms with van der Waals surface area (Å²) in [6, 6.07) is 7.72. The van der Waals surface area contributed by atoms with Gasteiger partial charge in [0, 0.05) is 30.8 Å². The molecule has 1 aromatic carbocycles. The lowest BCUT2D eigenvalue weighted by molar-refractivity contribution is -0.134. The molecule has 0 aromatic heterocycles. The van der Waals surface area contributed by atoms with Gasteiger partial charge >= 0.3 is 0 Å². The molecule has 1 heterocycles. The number of unbranched alkanes of at least 4 members (excludes halogenated alkanes) is 1. The maximum atomic E-state index is 12.7. The molecule has 1 aromatic rings. The number of nitrogens with one attached hydrogen (secondary N) is 1. The van der Waals surface area contributed by atoms with Crippen molar-refractivity contribution < 1.29 is 14.3 Å². The van der Waals surface area contributed by atoms with Gasteiger partial charge in [-0.15, -0.1) is 0 Å². The van der Waals surface area contributed by atoms with E-state index in [2.05, 4.69) is 12.2 Å². The number of ether oxygens (including phenoxy) is 1. The number of hydrogen-bond donors (Lipinski definition) is 1. The molecule has 1 N–H and O–H groups in total. The largest absolute Gasteiger partial charge is 0.496 e. The van der Waals surface area contributed by atoms with Gasteiger partial charge in [0.15, 0.2) is 0 Å². The van der Waals surface area contributed by atoms with Crippen LogP contribution < -0.4 is 10.1 Å². The molecule has 2 unspecified atom stereocenters. The van der Waals surface area contributed by atoms with Gasteiger partial charge in [0.2, 0.25) is 11.8 Å². The number of rotatable bonds is 7. The Bertz CT molecular complexity index is 642. The second-order valence-electron chi connectivity index (χ2n) is 6.83. The molecule has 1 fully saturated rings. The summed E-state index contributed by atoms with van der Waals surface area (Å²) in [6.45, 7) is 5.33. The van der Waals surface area contributed by atoms with E-state index < -0.39 is 0 Å². The summed E-state index contributed by atoms with van der Waals surface area (Å²) >= 11 is 0. The number of amides is 2. The third kappa shape index (κ3) is 5.35. The summed E-state index contributed by atoms with van der Waals surface area (Å²) in [4.78, 5) is 26.8. The lowest BCUT2D eigenvalue weighted by atomic mass is 9.92. The minimum absolute atomic E-state index is 0.0607. The van der Waals surface area contributed by atoms with E-state index in [-0.39, 0.29) is 23.8 Å². The summed E-state index contributed by atoms with van der Waals surface area (Å²) in [7, 11) is 1.61. The highest BCUT2D eigenvalue weighted by atomic mass is 16.5. The molecule has 142 valence electrons. The zero-order valence-corrected chi connectivity index (χ0v) is 16.0. The number of piperidine rings is 1. The molecule has 0 aliphatic carbocycles. The Kier molecular flexibility index (Phi) is 7.70. The zero-order chi connectivity index (χ0) is 18.9. The smallest absolute Gasteiger partial charge is 0.246 e. The first kappa shape index (κ1) is 20.0. The van der Waals surface area contributed by atoms with Crippen molar-refractivity contribution in [3.05, 3.63) is 35.9 Å². The molecule has 1 aliphatic heterocycles. The minimum atomic E-state index is -0.119. The molecule has 0 bridgehead atoms. The van der Waals surface area contributed by atoms with Crippen LogP contribution in [0.3, 0.4) is 0 Å². The van der Waals surface area contributed by atoms with Crippen molar-refractivity contribution in [3.8, 4) is 5.75 Å². The Labute approximate surface area is 156 Å². The van der Waals surface area contributed by atoms with Crippen LogP contribution in [0.1, 0.15) is 45.1 Å². The highest BCUT2D eigenvalue weighted by molar-refractivity contribution is 5.93. The lowest BCUT2D eigenvalue weighted by Gasteiger charge is -2.36. The highest BCUT2D eigenvalue weighted by Crippen LogP contribution is 2.23. The van der Waals surface area contributed by atoms with Crippen molar-refractivity contribution in [2.75, 3.05) is 20.2 Å². The molecule has 5 heteroatoms. The number of carbonyl (C=O) groups excluding carboxylic acids is 2. The standard InChI is InChI=1S/C21H30N2O3/c1-4-5-14-22-21(25)18-11-10-16(2)23(15-18)20(24)13-12-17-8-6-7-9-19(17)26-3/h6-9,12-13,16,18H,4-5,10-11,14-15H2,1-3H3,(H,22,25)/b13-12+. The maximum absolute atomic E-state index is 12.7. The van der Waals surface area contributed by atoms with Crippen molar-refractivity contribution in [2.24, 2.45) is 5.92 Å². The molecule has 0 radical (unpaired) electrons. The highest BCUT2D eigenvalue weighted by Gasteiger charge is 2.31. The van der Waals surface area contributed by atoms with Gasteiger partial charge in [-0.2, -0.15) is 0 Å². The van der Waals surface area contributed by atoms with Gasteiger partial charge in [-0.1, -0.05) is 31.5 Å². The second kappa shape index (κ2) is 10.00. The second-order valence-corrected chi connectivity index (χ2v) is 6.83. The Morgan fingerprint density at radius 1 is 1.31 bits per heavy atom. The molecular weight excluding hydrogens is 328 g/mol. The number of para-hydroxylation sites is 1. The molecular formula is C21H30N2O3. The fraction of sp³-hybridized carbons (Fsp3) is 0.524. The van der Waals surface area contributed by atoms with E-state index in [0.717, 1.165) is 37.0 Å². The van der Waals surface area contributed by atoms with E-state index in [1.54, 1.807) is 24.2 Å². The van der Waals surface area contributed by atoms with Crippen LogP contribution in [-0.2, 0) is 9.59 Å². The number of hydrogen-bond acceptors (Lipinski definition) is 3. The third-order valence-electron chi connectivity index (χ3n) is 4.91. The van der Waals surface area contributed by atoms with Gasteiger partial charge in [0.25, 0.3) is 0 Å². The van der Waals surface area contributed by atoms with E-state index >= 15 is 0 Å². The first-order chi connectivity index (χ1) is 12.6. The van der Waals surface area contributed by atoms with Crippen molar-refractivity contribution in [2.45, 2.75) is 45.6 Å². The molecule has 1 aliphatic rings. The Hall–Kier alpha value is -2.30. The van der Waals surface area contributed by atoms with Gasteiger partial charge in [-0.05, 0) is 38.3 Å². The van der Waals surface area contributed by atoms with Crippen LogP contribution in [0.25, 0.3) is 6.08 Å². The Morgan fingerprint density at radius 3 is 2.81 bits per heavy atom. The van der Waals surface area contributed by atoms with Gasteiger partial charge in [-0.3, -0.25) is 9.59 Å². The van der Waals surface area contributed by atoms with E-state index in [1.807, 2.05) is 31.2 Å². The molecule has 1 saturated heterocycles. The summed E-state index contributed by atoms with van der Waals surface area (Å²) in [5.74, 6) is 0.620. The van der Waals surface area contributed by atoms with E-state index in [0.29, 0.717) is 13.1 Å². The fourth-order valence-electron chi connectivity index (χ4n) is 3.22. The van der Waals surface area contributed by atoms with Crippen LogP contribution in [0.15, 0.2) is 30.3 Å². The van der Waals surface area contributed by atoms with Gasteiger partial charge in [-0.25, -0.2) is 0 Å². The van der Waals surface area contributed by atoms with Crippen molar-refractivity contribution in [1.29, 1.82) is 0 Å². The predicted octanol–water partition coefficient (Wildman–Crippen LogP) is 3.25. The lowest BCUT2D eigenvalue weighted by Crippen LogP contribution is -2.49. The Morgan fingerprint density at radius 2 is 2.08 bits per heavy atom. The normalized spacial score (nSPS) is 20.2. The van der Waals surface area contributed by atoms with Crippen molar-refractivity contribution in [1.82, 2.24) is 10.2 Å². The van der Waals surface area contributed by atoms with Crippen LogP contribution in [0, 0.1) is 5.92 Å². The SMILES string of the molecule is CCCCNC(=O)C1CCC(C)N(C(=O)/C=C/c2ccccc2OC)C1. The number of nitrogens with zero attached hydrogens (tertiary/aromatic N) is 1. The average molecular weight is 358 g/mol. The summed E-state index contributed by atoms with van der Waals surface area (Å²) in [5, 5.41) is 2.99. The molecule has 5 nitrogen and oxygen atoms in total. The topological polar surface area (TPSA) is 58.6 Å². The van der Waals surface area contributed by atoms with Crippen molar-refractivity contribution >= 4 is 17.9 Å². The van der Waals surface area contributed by atoms with Crippen LogP contribution in [0.5, 0.6) is 5.75 Å². The molecule has 2 atom stereocenters. The number of methoxy groups -OCH3 is 1. The third-order valence-corrected chi connectivity index (χ3v) is 4.91. The summed E-state index contributed by atoms with van der Waals surface area (Å²) in [6.07, 6.45) is 7.07. The predicted molar refractivity (Wildman–Crippen MR) is 104 cm³/mol. The van der Waals surface area contributed by atoms with Crippen molar-refractivity contribution in [3.63, 3.8) is 0 Å². The van der Waals surface area contributed by atoms with Crippen LogP contribution >= 0.6 is 0 Å².